The van der Waals surface area contributed by atoms with E-state index in [1.54, 1.807) is 0 Å². The maximum Gasteiger partial charge on any atom is 0.0310 e. The predicted molar refractivity (Wildman–Crippen MR) is 27.6 cm³/mol. The minimum absolute atomic E-state index is 0.607. The highest BCUT2D eigenvalue weighted by molar-refractivity contribution is 4.85. The van der Waals surface area contributed by atoms with Gasteiger partial charge in [0.15, 0.2) is 0 Å². The quantitative estimate of drug-likeness (QED) is 0.396. The van der Waals surface area contributed by atoms with Gasteiger partial charge in [-0.05, 0) is 25.6 Å². The van der Waals surface area contributed by atoms with Gasteiger partial charge in [-0.25, -0.2) is 0 Å². The Hall–Kier alpha value is -0.260. The smallest absolute Gasteiger partial charge is 0.0310 e. The van der Waals surface area contributed by atoms with E-state index in [1.807, 2.05) is 0 Å². The first-order chi connectivity index (χ1) is 4.63. The molecule has 0 aromatic heterocycles. The predicted octanol–water partition coefficient (Wildman–Crippen LogP) is 2.12. The molecule has 1 aliphatic rings. The fourth-order valence-electron chi connectivity index (χ4n) is 0.385. The highest BCUT2D eigenvalue weighted by atomic mass is 13.9. The van der Waals surface area contributed by atoms with Crippen molar-refractivity contribution in [3.63, 3.8) is 0 Å². The van der Waals surface area contributed by atoms with Crippen molar-refractivity contribution in [2.24, 2.45) is 0 Å². The Morgan fingerprint density at radius 2 is 1.67 bits per heavy atom. The van der Waals surface area contributed by atoms with Gasteiger partial charge in [-0.2, -0.15) is 0 Å². The van der Waals surface area contributed by atoms with Gasteiger partial charge in [0.2, 0.25) is 0 Å². The molecular weight excluding hydrogens is 72.1 g/mol. The molecule has 0 nitrogen and oxygen atoms in total. The number of allylic oxidation sites excluding steroid dienone is 2. The van der Waals surface area contributed by atoms with Crippen LogP contribution in [0.2, 0.25) is 0 Å². The van der Waals surface area contributed by atoms with E-state index in [0.717, 1.165) is 0 Å². The highest BCUT2D eigenvalue weighted by Gasteiger charge is 1.87. The Bertz CT molecular complexity index is 129. The van der Waals surface area contributed by atoms with Crippen LogP contribution in [-0.4, -0.2) is 0 Å². The lowest BCUT2D eigenvalue weighted by molar-refractivity contribution is 0.730. The van der Waals surface area contributed by atoms with Gasteiger partial charge in [-0.3, -0.25) is 0 Å². The molecule has 0 aliphatic heterocycles. The van der Waals surface area contributed by atoms with Crippen molar-refractivity contribution in [1.82, 2.24) is 0 Å². The topological polar surface area (TPSA) is 0 Å². The minimum Gasteiger partial charge on any atom is -0.0885 e. The number of hydrogen-bond donors (Lipinski definition) is 0. The molecule has 6 heavy (non-hydrogen) atoms. The third-order valence-electron chi connectivity index (χ3n) is 0.667. The van der Waals surface area contributed by atoms with Crippen LogP contribution in [0.5, 0.6) is 0 Å². The molecule has 0 saturated heterocycles. The second-order valence-electron chi connectivity index (χ2n) is 1.15. The van der Waals surface area contributed by atoms with Gasteiger partial charge in [0, 0.05) is 5.48 Å². The Labute approximate surface area is 44.5 Å². The Balaban J connectivity index is 2.69. The molecule has 0 amide bonds. The van der Waals surface area contributed by atoms with E-state index >= 15 is 0 Å². The van der Waals surface area contributed by atoms with Crippen molar-refractivity contribution < 1.29 is 5.48 Å². The fourth-order valence-corrected chi connectivity index (χ4v) is 0.385. The second-order valence-corrected chi connectivity index (χ2v) is 1.15. The first kappa shape index (κ1) is 1.36. The maximum absolute atomic E-state index is 7.27. The third kappa shape index (κ3) is 0.852. The van der Waals surface area contributed by atoms with Crippen LogP contribution in [0.1, 0.15) is 31.1 Å². The van der Waals surface area contributed by atoms with Gasteiger partial charge in [-0.15, -0.1) is 0 Å². The molecule has 34 valence electrons. The zero-order valence-corrected chi connectivity index (χ0v) is 3.46. The van der Waals surface area contributed by atoms with Crippen molar-refractivity contribution in [3.05, 3.63) is 12.2 Å². The first-order valence-corrected chi connectivity index (χ1v) is 2.00. The van der Waals surface area contributed by atoms with Crippen LogP contribution in [0.3, 0.4) is 0 Å². The molecule has 0 fully saturated rings. The van der Waals surface area contributed by atoms with Crippen molar-refractivity contribution in [1.29, 1.82) is 0 Å². The van der Waals surface area contributed by atoms with Crippen LogP contribution in [0, 0.1) is 0 Å². The lowest BCUT2D eigenvalue weighted by Crippen LogP contribution is -1.77. The molecule has 0 aromatic carbocycles. The average Bonchev–Trinajstić information content (AvgIpc) is 1.93. The summed E-state index contributed by atoms with van der Waals surface area (Å²) >= 11 is 0. The van der Waals surface area contributed by atoms with Crippen LogP contribution < -0.4 is 0 Å². The molecule has 0 spiro atoms. The number of hydrogen-bond acceptors (Lipinski definition) is 0. The summed E-state index contributed by atoms with van der Waals surface area (Å²) in [4.78, 5) is 0. The van der Waals surface area contributed by atoms with Gasteiger partial charge < -0.3 is 0 Å². The highest BCUT2D eigenvalue weighted by Crippen LogP contribution is 2.07. The lowest BCUT2D eigenvalue weighted by Gasteiger charge is -1.97. The standard InChI is InChI=1S/C6H10/c1-2-4-6-5-3-1/h1-2H,3-6H2/i3D,4D,5D,6D. The van der Waals surface area contributed by atoms with Gasteiger partial charge in [0.05, 0.1) is 0 Å². The first-order valence-electron chi connectivity index (χ1n) is 4.31. The molecule has 0 radical (unpaired) electrons. The van der Waals surface area contributed by atoms with E-state index in [-0.39, 0.29) is 0 Å². The zero-order chi connectivity index (χ0) is 7.72. The molecule has 4 unspecified atom stereocenters. The minimum atomic E-state index is -0.743. The monoisotopic (exact) mass is 86.1 g/mol. The van der Waals surface area contributed by atoms with Crippen molar-refractivity contribution >= 4 is 0 Å². The van der Waals surface area contributed by atoms with Crippen molar-refractivity contribution in [2.45, 2.75) is 25.6 Å². The lowest BCUT2D eigenvalue weighted by atomic mass is 10.1. The molecule has 0 bridgehead atoms. The van der Waals surface area contributed by atoms with Crippen LogP contribution >= 0.6 is 0 Å². The Morgan fingerprint density at radius 1 is 1.17 bits per heavy atom. The fraction of sp³-hybridized carbons (Fsp3) is 0.667. The average molecular weight is 86.2 g/mol. The summed E-state index contributed by atoms with van der Waals surface area (Å²) in [5.41, 5.74) is 0. The van der Waals surface area contributed by atoms with Gasteiger partial charge in [0.1, 0.15) is 0 Å². The molecule has 0 N–H and O–H groups in total. The van der Waals surface area contributed by atoms with Crippen LogP contribution in [0.4, 0.5) is 0 Å². The second kappa shape index (κ2) is 2.01. The third-order valence-corrected chi connectivity index (χ3v) is 0.667. The largest absolute Gasteiger partial charge is 0.0885 e. The van der Waals surface area contributed by atoms with Crippen molar-refractivity contribution in [2.75, 3.05) is 0 Å². The summed E-state index contributed by atoms with van der Waals surface area (Å²) in [6.45, 7) is 0. The van der Waals surface area contributed by atoms with Gasteiger partial charge in [0.25, 0.3) is 0 Å². The number of rotatable bonds is 0. The van der Waals surface area contributed by atoms with E-state index in [2.05, 4.69) is 0 Å². The van der Waals surface area contributed by atoms with Crippen LogP contribution in [0.15, 0.2) is 12.2 Å². The molecule has 0 heterocycles. The molecule has 0 saturated carbocycles. The van der Waals surface area contributed by atoms with Gasteiger partial charge >= 0.3 is 0 Å². The maximum atomic E-state index is 7.27. The van der Waals surface area contributed by atoms with E-state index in [0.29, 0.717) is 0 Å². The van der Waals surface area contributed by atoms with Crippen molar-refractivity contribution in [3.8, 4) is 0 Å². The van der Waals surface area contributed by atoms with E-state index in [9.17, 15) is 0 Å². The molecule has 1 rings (SSSR count). The molecule has 1 aliphatic carbocycles. The molecule has 0 aromatic rings. The van der Waals surface area contributed by atoms with Gasteiger partial charge in [-0.1, -0.05) is 12.2 Å². The van der Waals surface area contributed by atoms with E-state index in [1.165, 1.54) is 12.2 Å². The normalized spacial score (nSPS) is 80.0. The zero-order valence-electron chi connectivity index (χ0n) is 7.46. The Morgan fingerprint density at radius 3 is 2.17 bits per heavy atom. The van der Waals surface area contributed by atoms with Crippen LogP contribution in [0.25, 0.3) is 0 Å². The molecule has 0 heteroatoms. The summed E-state index contributed by atoms with van der Waals surface area (Å²) in [5, 5.41) is 0. The Kier molecular flexibility index (Phi) is 0.456. The summed E-state index contributed by atoms with van der Waals surface area (Å²) < 4.78 is 29.0. The van der Waals surface area contributed by atoms with E-state index in [4.69, 9.17) is 5.48 Å². The van der Waals surface area contributed by atoms with Crippen LogP contribution in [-0.2, 0) is 0 Å². The molecular formula is C6H10. The summed E-state index contributed by atoms with van der Waals surface area (Å²) in [6, 6.07) is 0. The summed E-state index contributed by atoms with van der Waals surface area (Å²) in [7, 11) is 0. The SMILES string of the molecule is [2H]C1C=CC([2H])C([2H])C1[2H]. The molecule has 4 atom stereocenters. The van der Waals surface area contributed by atoms with E-state index < -0.39 is 25.6 Å². The summed E-state index contributed by atoms with van der Waals surface area (Å²) in [5.74, 6) is 0. The summed E-state index contributed by atoms with van der Waals surface area (Å²) in [6.07, 6.45) is 0.356.